The minimum atomic E-state index is -4.70. The van der Waals surface area contributed by atoms with Gasteiger partial charge >= 0.3 is 0 Å². The molecule has 0 unspecified atom stereocenters. The molecule has 4 N–H and O–H groups in total. The van der Waals surface area contributed by atoms with Crippen molar-refractivity contribution in [2.24, 2.45) is 11.3 Å². The third-order valence-electron chi connectivity index (χ3n) is 16.0. The topological polar surface area (TPSA) is 211 Å². The third kappa shape index (κ3) is 11.0. The number of likely N-dealkylation sites (tertiary alicyclic amines) is 1. The predicted molar refractivity (Wildman–Crippen MR) is 274 cm³/mol. The van der Waals surface area contributed by atoms with Crippen LogP contribution in [0.1, 0.15) is 112 Å². The highest BCUT2D eigenvalue weighted by atomic mass is 32.2. The summed E-state index contributed by atoms with van der Waals surface area (Å²) in [4.78, 5) is 37.7. The van der Waals surface area contributed by atoms with E-state index in [1.807, 2.05) is 0 Å². The number of aromatic amines is 1. The summed E-state index contributed by atoms with van der Waals surface area (Å²) >= 11 is 0. The molecule has 1 amide bonds. The number of pyridine rings is 1. The van der Waals surface area contributed by atoms with Gasteiger partial charge < -0.3 is 39.3 Å². The molecule has 17 nitrogen and oxygen atoms in total. The smallest absolute Gasteiger partial charge is 0.293 e. The molecule has 1 spiro atoms. The van der Waals surface area contributed by atoms with Gasteiger partial charge in [-0.3, -0.25) is 19.8 Å². The largest absolute Gasteiger partial charge is 0.472 e. The normalized spacial score (nSPS) is 24.4. The van der Waals surface area contributed by atoms with Crippen LogP contribution < -0.4 is 24.4 Å². The van der Waals surface area contributed by atoms with E-state index in [9.17, 15) is 28.4 Å². The number of sulfonamides is 1. The van der Waals surface area contributed by atoms with E-state index in [2.05, 4.69) is 67.9 Å². The predicted octanol–water partition coefficient (Wildman–Crippen LogP) is 9.03. The minimum absolute atomic E-state index is 0.0213. The van der Waals surface area contributed by atoms with Crippen LogP contribution in [0.4, 0.5) is 21.5 Å². The number of amides is 1. The maximum atomic E-state index is 15.1. The number of hydrogen-bond donors (Lipinski definition) is 4. The van der Waals surface area contributed by atoms with Crippen molar-refractivity contribution >= 4 is 44.0 Å². The molecule has 2 saturated carbocycles. The van der Waals surface area contributed by atoms with Gasteiger partial charge in [-0.15, -0.1) is 0 Å². The first-order valence-corrected chi connectivity index (χ1v) is 27.2. The molecule has 0 bridgehead atoms. The van der Waals surface area contributed by atoms with Gasteiger partial charge in [0, 0.05) is 68.8 Å². The van der Waals surface area contributed by atoms with Crippen LogP contribution in [-0.2, 0) is 19.5 Å². The third-order valence-corrected chi connectivity index (χ3v) is 17.3. The number of H-pyrrole nitrogens is 1. The number of piperidine rings is 1. The lowest BCUT2D eigenvalue weighted by Crippen LogP contribution is -2.63. The second-order valence-corrected chi connectivity index (χ2v) is 23.1. The number of anilines is 2. The maximum Gasteiger partial charge on any atom is 0.293 e. The number of halogens is 1. The maximum absolute atomic E-state index is 15.1. The molecule has 3 aliphatic heterocycles. The fourth-order valence-electron chi connectivity index (χ4n) is 11.8. The van der Waals surface area contributed by atoms with Crippen molar-refractivity contribution in [2.75, 3.05) is 69.4 Å². The molecule has 10 rings (SSSR count). The van der Waals surface area contributed by atoms with E-state index in [0.717, 1.165) is 69.8 Å². The molecule has 3 aromatic carbocycles. The number of rotatable bonds is 16. The first-order chi connectivity index (χ1) is 35.0. The highest BCUT2D eigenvalue weighted by molar-refractivity contribution is 7.90. The summed E-state index contributed by atoms with van der Waals surface area (Å²) in [6.45, 7) is 11.5. The molecule has 3 atom stereocenters. The zero-order valence-corrected chi connectivity index (χ0v) is 42.6. The van der Waals surface area contributed by atoms with Crippen LogP contribution in [-0.4, -0.2) is 116 Å². The molecular weight excluding hydrogens is 958 g/mol. The van der Waals surface area contributed by atoms with Crippen LogP contribution in [0.25, 0.3) is 11.0 Å². The SMILES string of the molecule is CC(C)c1ccccc1[C@@H]1CCC[C@@H]1N1CC2(CCN(c3ccc(C(=O)NS(=O)(=O)c4ccc(NC[C@H]5CC[C@](C)(O)CC5)c([N+](=O)[O-])c4)c(Oc4cc5c(F)c[nH]c5nc4OC[C@@H]4COCCO4)c3)CC2)C1. The number of aliphatic hydroxyl groups is 1. The number of aromatic nitrogens is 2. The van der Waals surface area contributed by atoms with Gasteiger partial charge in [-0.25, -0.2) is 17.5 Å². The Balaban J connectivity index is 0.890. The molecule has 5 aliphatic rings. The molecule has 5 heterocycles. The highest BCUT2D eigenvalue weighted by Gasteiger charge is 2.49. The molecule has 5 fully saturated rings. The molecular formula is C54H66FN7O10S. The summed E-state index contributed by atoms with van der Waals surface area (Å²) in [6.07, 6.45) is 8.99. The van der Waals surface area contributed by atoms with Crippen LogP contribution in [0.2, 0.25) is 0 Å². The van der Waals surface area contributed by atoms with Crippen LogP contribution >= 0.6 is 0 Å². The zero-order chi connectivity index (χ0) is 51.1. The van der Waals surface area contributed by atoms with Crippen LogP contribution in [0.3, 0.4) is 0 Å². The van der Waals surface area contributed by atoms with E-state index in [4.69, 9.17) is 18.9 Å². The molecule has 2 aliphatic carbocycles. The van der Waals surface area contributed by atoms with E-state index in [0.29, 0.717) is 50.5 Å². The van der Waals surface area contributed by atoms with Crippen LogP contribution in [0, 0.1) is 27.3 Å². The summed E-state index contributed by atoms with van der Waals surface area (Å²) in [7, 11) is -4.70. The fraction of sp³-hybridized carbons (Fsp3) is 0.519. The average Bonchev–Trinajstić information content (AvgIpc) is 4.01. The van der Waals surface area contributed by atoms with Gasteiger partial charge in [0.05, 0.1) is 46.2 Å². The molecule has 73 heavy (non-hydrogen) atoms. The second-order valence-electron chi connectivity index (χ2n) is 21.5. The Labute approximate surface area is 425 Å². The fourth-order valence-corrected chi connectivity index (χ4v) is 12.7. The van der Waals surface area contributed by atoms with Crippen molar-refractivity contribution in [3.8, 4) is 17.4 Å². The van der Waals surface area contributed by atoms with E-state index < -0.39 is 49.0 Å². The standard InChI is InChI=1S/C54H66FN7O10S/c1-34(2)39-7-4-5-8-40(39)41-9-6-10-46(41)61-32-54(33-61)19-21-60(22-20-54)36-11-13-42(48(25-36)72-49-27-43-44(55)29-57-50(43)58-52(49)71-31-37-30-69-23-24-70-37)51(63)59-73(67,68)38-12-14-45(47(26-38)62(65)66)56-28-35-15-17-53(3,64)18-16-35/h4-5,7-8,11-14,25-27,29,34-35,37,41,46,56,64H,6,9-10,15-24,28,30-33H2,1-3H3,(H,57,58)(H,59,63)/t35-,37-,41-,46-,53-/m0/s1. The summed E-state index contributed by atoms with van der Waals surface area (Å²) in [5.74, 6) is -0.615. The van der Waals surface area contributed by atoms with E-state index in [-0.39, 0.29) is 64.2 Å². The minimum Gasteiger partial charge on any atom is -0.472 e. The summed E-state index contributed by atoms with van der Waals surface area (Å²) in [6, 6.07) is 19.2. The molecule has 2 aromatic heterocycles. The molecule has 390 valence electrons. The first-order valence-electron chi connectivity index (χ1n) is 25.7. The van der Waals surface area contributed by atoms with Gasteiger partial charge in [-0.1, -0.05) is 44.5 Å². The van der Waals surface area contributed by atoms with E-state index in [1.54, 1.807) is 19.1 Å². The number of fused-ring (bicyclic) bond motifs is 1. The Bertz CT molecular complexity index is 2940. The van der Waals surface area contributed by atoms with Crippen molar-refractivity contribution in [1.82, 2.24) is 19.6 Å². The number of carbonyl (C=O) groups is 1. The monoisotopic (exact) mass is 1020 g/mol. The van der Waals surface area contributed by atoms with Crippen LogP contribution in [0.5, 0.6) is 17.4 Å². The van der Waals surface area contributed by atoms with Gasteiger partial charge in [0.15, 0.2) is 5.75 Å². The number of nitro benzene ring substituents is 1. The Morgan fingerprint density at radius 2 is 1.79 bits per heavy atom. The van der Waals surface area contributed by atoms with Crippen molar-refractivity contribution in [3.05, 3.63) is 106 Å². The number of nitrogens with zero attached hydrogens (tertiary/aromatic N) is 4. The number of ether oxygens (including phenoxy) is 4. The lowest BCUT2D eigenvalue weighted by molar-refractivity contribution is -0.384. The molecule has 0 radical (unpaired) electrons. The highest BCUT2D eigenvalue weighted by Crippen LogP contribution is 2.49. The van der Waals surface area contributed by atoms with Gasteiger partial charge in [-0.2, -0.15) is 4.98 Å². The lowest BCUT2D eigenvalue weighted by Gasteiger charge is -2.57. The van der Waals surface area contributed by atoms with E-state index in [1.165, 1.54) is 54.7 Å². The Hall–Kier alpha value is -5.86. The van der Waals surface area contributed by atoms with Crippen molar-refractivity contribution in [2.45, 2.75) is 113 Å². The number of hydrogen-bond acceptors (Lipinski definition) is 14. The Kier molecular flexibility index (Phi) is 14.4. The summed E-state index contributed by atoms with van der Waals surface area (Å²) < 4.78 is 69.2. The van der Waals surface area contributed by atoms with Crippen molar-refractivity contribution in [1.29, 1.82) is 0 Å². The van der Waals surface area contributed by atoms with Gasteiger partial charge in [0.1, 0.15) is 35.6 Å². The number of benzene rings is 3. The van der Waals surface area contributed by atoms with E-state index >= 15 is 4.39 Å². The quantitative estimate of drug-likeness (QED) is 0.0537. The Morgan fingerprint density at radius 1 is 1.01 bits per heavy atom. The number of carbonyl (C=O) groups excluding carboxylic acids is 1. The van der Waals surface area contributed by atoms with Crippen LogP contribution in [0.15, 0.2) is 77.8 Å². The number of nitro groups is 1. The van der Waals surface area contributed by atoms with Crippen molar-refractivity contribution in [3.63, 3.8) is 0 Å². The average molecular weight is 1020 g/mol. The summed E-state index contributed by atoms with van der Waals surface area (Å²) in [5, 5.41) is 25.9. The number of nitrogens with one attached hydrogen (secondary N) is 3. The van der Waals surface area contributed by atoms with Gasteiger partial charge in [0.2, 0.25) is 0 Å². The second kappa shape index (κ2) is 20.8. The Morgan fingerprint density at radius 3 is 2.53 bits per heavy atom. The lowest BCUT2D eigenvalue weighted by atomic mass is 9.70. The molecule has 5 aromatic rings. The van der Waals surface area contributed by atoms with Gasteiger partial charge in [-0.05, 0) is 117 Å². The summed E-state index contributed by atoms with van der Waals surface area (Å²) in [5.41, 5.74) is 2.81. The van der Waals surface area contributed by atoms with Gasteiger partial charge in [0.25, 0.3) is 27.5 Å². The van der Waals surface area contributed by atoms with Crippen molar-refractivity contribution < 1.29 is 46.6 Å². The zero-order valence-electron chi connectivity index (χ0n) is 41.7. The first kappa shape index (κ1) is 50.7. The molecule has 3 saturated heterocycles. The molecule has 19 heteroatoms.